The minimum atomic E-state index is 0.445. The van der Waals surface area contributed by atoms with Crippen LogP contribution < -0.4 is 10.6 Å². The Morgan fingerprint density at radius 2 is 2.11 bits per heavy atom. The van der Waals surface area contributed by atoms with E-state index >= 15 is 0 Å². The Kier molecular flexibility index (Phi) is 6.26. The van der Waals surface area contributed by atoms with Crippen molar-refractivity contribution in [3.8, 4) is 0 Å². The van der Waals surface area contributed by atoms with Crippen LogP contribution in [-0.4, -0.2) is 18.5 Å². The van der Waals surface area contributed by atoms with Crippen LogP contribution >= 0.6 is 0 Å². The van der Waals surface area contributed by atoms with Crippen molar-refractivity contribution in [3.05, 3.63) is 35.4 Å². The molecule has 2 N–H and O–H groups in total. The summed E-state index contributed by atoms with van der Waals surface area (Å²) in [7, 11) is 0. The van der Waals surface area contributed by atoms with Gasteiger partial charge >= 0.3 is 0 Å². The van der Waals surface area contributed by atoms with Gasteiger partial charge in [-0.2, -0.15) is 0 Å². The van der Waals surface area contributed by atoms with Crippen molar-refractivity contribution < 1.29 is 0 Å². The number of nitrogens with zero attached hydrogens (tertiary/aromatic N) is 1. The molecule has 0 saturated heterocycles. The van der Waals surface area contributed by atoms with E-state index in [2.05, 4.69) is 67.6 Å². The second-order valence-electron chi connectivity index (χ2n) is 4.64. The minimum absolute atomic E-state index is 0.445. The predicted molar refractivity (Wildman–Crippen MR) is 78.9 cm³/mol. The molecule has 1 aromatic carbocycles. The van der Waals surface area contributed by atoms with E-state index in [0.717, 1.165) is 18.9 Å². The Morgan fingerprint density at radius 3 is 2.72 bits per heavy atom. The molecule has 0 saturated carbocycles. The van der Waals surface area contributed by atoms with Crippen LogP contribution in [-0.2, 0) is 6.54 Å². The van der Waals surface area contributed by atoms with Gasteiger partial charge in [-0.3, -0.25) is 0 Å². The molecular weight excluding hydrogens is 222 g/mol. The smallest absolute Gasteiger partial charge is 0.191 e. The number of benzene rings is 1. The zero-order valence-electron chi connectivity index (χ0n) is 12.0. The second-order valence-corrected chi connectivity index (χ2v) is 4.64. The summed E-state index contributed by atoms with van der Waals surface area (Å²) >= 11 is 0. The fourth-order valence-electron chi connectivity index (χ4n) is 1.64. The highest BCUT2D eigenvalue weighted by molar-refractivity contribution is 5.80. The molecule has 1 rings (SSSR count). The van der Waals surface area contributed by atoms with E-state index in [0.29, 0.717) is 12.6 Å². The number of nitrogens with one attached hydrogen (secondary N) is 2. The Bertz CT molecular complexity index is 385. The van der Waals surface area contributed by atoms with E-state index in [1.54, 1.807) is 0 Å². The van der Waals surface area contributed by atoms with Crippen molar-refractivity contribution in [1.29, 1.82) is 0 Å². The maximum absolute atomic E-state index is 4.61. The van der Waals surface area contributed by atoms with Crippen LogP contribution in [0.4, 0.5) is 0 Å². The average Bonchev–Trinajstić information content (AvgIpc) is 2.36. The normalized spacial score (nSPS) is 13.2. The molecule has 1 atom stereocenters. The van der Waals surface area contributed by atoms with Crippen molar-refractivity contribution in [1.82, 2.24) is 10.6 Å². The summed E-state index contributed by atoms with van der Waals surface area (Å²) in [6.07, 6.45) is 1.09. The van der Waals surface area contributed by atoms with E-state index in [1.165, 1.54) is 11.1 Å². The van der Waals surface area contributed by atoms with Gasteiger partial charge in [0.15, 0.2) is 5.96 Å². The summed E-state index contributed by atoms with van der Waals surface area (Å²) in [6, 6.07) is 8.92. The van der Waals surface area contributed by atoms with Crippen LogP contribution in [0.5, 0.6) is 0 Å². The van der Waals surface area contributed by atoms with Gasteiger partial charge in [-0.25, -0.2) is 4.99 Å². The lowest BCUT2D eigenvalue weighted by atomic mass is 10.1. The van der Waals surface area contributed by atoms with Crippen LogP contribution in [0.15, 0.2) is 29.3 Å². The number of hydrogen-bond acceptors (Lipinski definition) is 1. The molecule has 0 radical (unpaired) electrons. The summed E-state index contributed by atoms with van der Waals surface area (Å²) < 4.78 is 0. The highest BCUT2D eigenvalue weighted by atomic mass is 15.2. The third kappa shape index (κ3) is 5.21. The summed E-state index contributed by atoms with van der Waals surface area (Å²) in [6.45, 7) is 10.1. The molecule has 0 aliphatic heterocycles. The van der Waals surface area contributed by atoms with Crippen LogP contribution in [0.2, 0.25) is 0 Å². The average molecular weight is 247 g/mol. The van der Waals surface area contributed by atoms with Crippen molar-refractivity contribution in [2.75, 3.05) is 6.54 Å². The van der Waals surface area contributed by atoms with Crippen LogP contribution in [0.1, 0.15) is 38.3 Å². The predicted octanol–water partition coefficient (Wildman–Crippen LogP) is 2.85. The van der Waals surface area contributed by atoms with Crippen LogP contribution in [0.25, 0.3) is 0 Å². The molecule has 0 aromatic heterocycles. The molecule has 0 aliphatic carbocycles. The van der Waals surface area contributed by atoms with Gasteiger partial charge < -0.3 is 10.6 Å². The highest BCUT2D eigenvalue weighted by Crippen LogP contribution is 2.05. The van der Waals surface area contributed by atoms with E-state index in [1.807, 2.05) is 0 Å². The topological polar surface area (TPSA) is 36.4 Å². The van der Waals surface area contributed by atoms with Crippen LogP contribution in [0.3, 0.4) is 0 Å². The van der Waals surface area contributed by atoms with E-state index in [4.69, 9.17) is 0 Å². The number of hydrogen-bond donors (Lipinski definition) is 2. The van der Waals surface area contributed by atoms with E-state index in [9.17, 15) is 0 Å². The van der Waals surface area contributed by atoms with Crippen LogP contribution in [0, 0.1) is 6.92 Å². The van der Waals surface area contributed by atoms with E-state index < -0.39 is 0 Å². The molecule has 0 fully saturated rings. The van der Waals surface area contributed by atoms with Gasteiger partial charge in [0.05, 0.1) is 6.54 Å². The third-order valence-corrected chi connectivity index (χ3v) is 2.84. The van der Waals surface area contributed by atoms with Gasteiger partial charge in [-0.15, -0.1) is 0 Å². The lowest BCUT2D eigenvalue weighted by Gasteiger charge is -2.16. The maximum Gasteiger partial charge on any atom is 0.191 e. The molecule has 0 heterocycles. The first kappa shape index (κ1) is 14.6. The zero-order valence-corrected chi connectivity index (χ0v) is 12.0. The van der Waals surface area contributed by atoms with Crippen molar-refractivity contribution in [2.24, 2.45) is 4.99 Å². The van der Waals surface area contributed by atoms with Crippen molar-refractivity contribution in [2.45, 2.75) is 46.7 Å². The number of guanidine groups is 1. The Balaban J connectivity index is 2.64. The number of rotatable bonds is 5. The summed E-state index contributed by atoms with van der Waals surface area (Å²) in [5.41, 5.74) is 2.53. The first-order valence-corrected chi connectivity index (χ1v) is 6.76. The van der Waals surface area contributed by atoms with Gasteiger partial charge in [-0.1, -0.05) is 36.8 Å². The Labute approximate surface area is 111 Å². The summed E-state index contributed by atoms with van der Waals surface area (Å²) in [5.74, 6) is 0.897. The standard InChI is InChI=1S/C15H25N3/c1-5-13(4)18-15(16-6-2)17-11-14-9-7-8-12(3)10-14/h7-10,13H,5-6,11H2,1-4H3,(H2,16,17,18). The second kappa shape index (κ2) is 7.75. The molecule has 0 bridgehead atoms. The van der Waals surface area contributed by atoms with Gasteiger partial charge in [0.2, 0.25) is 0 Å². The van der Waals surface area contributed by atoms with E-state index in [-0.39, 0.29) is 0 Å². The minimum Gasteiger partial charge on any atom is -0.357 e. The van der Waals surface area contributed by atoms with Gasteiger partial charge in [0.1, 0.15) is 0 Å². The van der Waals surface area contributed by atoms with Crippen molar-refractivity contribution >= 4 is 5.96 Å². The molecule has 18 heavy (non-hydrogen) atoms. The third-order valence-electron chi connectivity index (χ3n) is 2.84. The molecule has 0 aliphatic rings. The highest BCUT2D eigenvalue weighted by Gasteiger charge is 2.02. The first-order chi connectivity index (χ1) is 8.65. The fourth-order valence-corrected chi connectivity index (χ4v) is 1.64. The zero-order chi connectivity index (χ0) is 13.4. The first-order valence-electron chi connectivity index (χ1n) is 6.76. The van der Waals surface area contributed by atoms with Gasteiger partial charge in [-0.05, 0) is 32.8 Å². The monoisotopic (exact) mass is 247 g/mol. The lowest BCUT2D eigenvalue weighted by molar-refractivity contribution is 0.624. The molecular formula is C15H25N3. The maximum atomic E-state index is 4.61. The molecule has 0 spiro atoms. The van der Waals surface area contributed by atoms with Gasteiger partial charge in [0.25, 0.3) is 0 Å². The van der Waals surface area contributed by atoms with Crippen molar-refractivity contribution in [3.63, 3.8) is 0 Å². The molecule has 3 heteroatoms. The Morgan fingerprint density at radius 1 is 1.33 bits per heavy atom. The fraction of sp³-hybridized carbons (Fsp3) is 0.533. The molecule has 0 amide bonds. The molecule has 1 unspecified atom stereocenters. The lowest BCUT2D eigenvalue weighted by Crippen LogP contribution is -2.41. The molecule has 3 nitrogen and oxygen atoms in total. The SMILES string of the molecule is CCNC(=NCc1cccc(C)c1)NC(C)CC. The number of aryl methyl sites for hydroxylation is 1. The molecule has 100 valence electrons. The summed E-state index contributed by atoms with van der Waals surface area (Å²) in [4.78, 5) is 4.61. The quantitative estimate of drug-likeness (QED) is 0.620. The van der Waals surface area contributed by atoms with Gasteiger partial charge in [0, 0.05) is 12.6 Å². The Hall–Kier alpha value is -1.51. The number of aliphatic imine (C=N–C) groups is 1. The molecule has 1 aromatic rings. The summed E-state index contributed by atoms with van der Waals surface area (Å²) in [5, 5.41) is 6.66. The largest absolute Gasteiger partial charge is 0.357 e.